The zero-order valence-electron chi connectivity index (χ0n) is 18.4. The number of Topliss-reactive ketones (excluding diaryl/α,β-unsaturated/α-hetero) is 1. The average Bonchev–Trinajstić information content (AvgIpc) is 3.24. The van der Waals surface area contributed by atoms with Crippen molar-refractivity contribution >= 4 is 29.2 Å². The molecule has 0 aliphatic carbocycles. The lowest BCUT2D eigenvalue weighted by atomic mass is 9.95. The number of carbonyl (C=O) groups excluding carboxylic acids is 1. The van der Waals surface area contributed by atoms with Crippen molar-refractivity contribution in [3.05, 3.63) is 64.9 Å². The third-order valence-corrected chi connectivity index (χ3v) is 5.24. The molecule has 1 unspecified atom stereocenters. The summed E-state index contributed by atoms with van der Waals surface area (Å²) in [5.41, 5.74) is 3.40. The van der Waals surface area contributed by atoms with E-state index in [0.29, 0.717) is 6.42 Å². The van der Waals surface area contributed by atoms with E-state index in [0.717, 1.165) is 12.0 Å². The van der Waals surface area contributed by atoms with E-state index < -0.39 is 11.9 Å². The molecule has 0 saturated heterocycles. The van der Waals surface area contributed by atoms with Crippen molar-refractivity contribution in [2.24, 2.45) is 11.3 Å². The number of unbranched alkanes of at least 4 members (excludes halogenated alkanes) is 1. The molecule has 162 valence electrons. The Bertz CT molecular complexity index is 979. The molecule has 0 saturated carbocycles. The van der Waals surface area contributed by atoms with E-state index in [-0.39, 0.29) is 24.0 Å². The third kappa shape index (κ3) is 9.19. The first-order valence-electron chi connectivity index (χ1n) is 10.5. The summed E-state index contributed by atoms with van der Waals surface area (Å²) in [6, 6.07) is 10.4. The average molecular weight is 435 g/mol. The molecule has 0 bridgehead atoms. The highest BCUT2D eigenvalue weighted by Crippen LogP contribution is 2.23. The van der Waals surface area contributed by atoms with Crippen LogP contribution in [0.25, 0.3) is 17.2 Å². The Hall–Kier alpha value is -2.90. The molecular formula is C27H30O3S. The van der Waals surface area contributed by atoms with Crippen LogP contribution in [0.3, 0.4) is 0 Å². The molecule has 1 aromatic carbocycles. The van der Waals surface area contributed by atoms with Gasteiger partial charge in [0.05, 0.1) is 0 Å². The van der Waals surface area contributed by atoms with Gasteiger partial charge in [0.25, 0.3) is 0 Å². The second-order valence-corrected chi connectivity index (χ2v) is 9.23. The lowest BCUT2D eigenvalue weighted by Crippen LogP contribution is -2.23. The van der Waals surface area contributed by atoms with Gasteiger partial charge in [-0.2, -0.15) is 11.3 Å². The van der Waals surface area contributed by atoms with Crippen LogP contribution in [0.2, 0.25) is 0 Å². The zero-order chi connectivity index (χ0) is 22.7. The smallest absolute Gasteiger partial charge is 0.314 e. The van der Waals surface area contributed by atoms with E-state index in [2.05, 4.69) is 40.8 Å². The van der Waals surface area contributed by atoms with Crippen molar-refractivity contribution in [2.75, 3.05) is 0 Å². The number of benzene rings is 1. The van der Waals surface area contributed by atoms with Crippen molar-refractivity contribution in [1.29, 1.82) is 0 Å². The number of carboxylic acids is 1. The van der Waals surface area contributed by atoms with Crippen molar-refractivity contribution in [3.63, 3.8) is 0 Å². The largest absolute Gasteiger partial charge is 0.481 e. The SMILES string of the molecule is CC(C)(C)C#CC=CCC(C(=O)O)C(=O)CCCC=Cc1cccc(-c2ccsc2)c1. The summed E-state index contributed by atoms with van der Waals surface area (Å²) in [7, 11) is 0. The van der Waals surface area contributed by atoms with E-state index in [1.165, 1.54) is 11.1 Å². The third-order valence-electron chi connectivity index (χ3n) is 4.55. The first-order chi connectivity index (χ1) is 14.8. The van der Waals surface area contributed by atoms with E-state index in [1.807, 2.05) is 45.1 Å². The summed E-state index contributed by atoms with van der Waals surface area (Å²) in [6.07, 6.45) is 9.21. The summed E-state index contributed by atoms with van der Waals surface area (Å²) in [6.45, 7) is 6.02. The lowest BCUT2D eigenvalue weighted by molar-refractivity contribution is -0.146. The highest BCUT2D eigenvalue weighted by molar-refractivity contribution is 7.08. The molecule has 2 rings (SSSR count). The number of aliphatic carboxylic acids is 1. The minimum atomic E-state index is -1.07. The van der Waals surface area contributed by atoms with Gasteiger partial charge in [-0.25, -0.2) is 0 Å². The molecular weight excluding hydrogens is 404 g/mol. The van der Waals surface area contributed by atoms with E-state index in [1.54, 1.807) is 23.5 Å². The van der Waals surface area contributed by atoms with Gasteiger partial charge >= 0.3 is 5.97 Å². The monoisotopic (exact) mass is 434 g/mol. The normalized spacial score (nSPS) is 12.6. The molecule has 4 heteroatoms. The Balaban J connectivity index is 1.81. The van der Waals surface area contributed by atoms with Gasteiger partial charge in [-0.1, -0.05) is 48.3 Å². The number of allylic oxidation sites excluding steroid dienone is 3. The second kappa shape index (κ2) is 12.1. The molecule has 0 aliphatic heterocycles. The van der Waals surface area contributed by atoms with Crippen LogP contribution in [-0.4, -0.2) is 16.9 Å². The Labute approximate surface area is 189 Å². The van der Waals surface area contributed by atoms with Crippen LogP contribution >= 0.6 is 11.3 Å². The fraction of sp³-hybridized carbons (Fsp3) is 0.333. The molecule has 31 heavy (non-hydrogen) atoms. The first kappa shape index (κ1) is 24.4. The summed E-state index contributed by atoms with van der Waals surface area (Å²) >= 11 is 1.68. The quantitative estimate of drug-likeness (QED) is 0.252. The Morgan fingerprint density at radius 1 is 1.16 bits per heavy atom. The van der Waals surface area contributed by atoms with Crippen molar-refractivity contribution in [3.8, 4) is 23.0 Å². The predicted molar refractivity (Wildman–Crippen MR) is 130 cm³/mol. The number of rotatable bonds is 10. The molecule has 3 nitrogen and oxygen atoms in total. The Morgan fingerprint density at radius 2 is 1.97 bits per heavy atom. The van der Waals surface area contributed by atoms with Gasteiger partial charge in [0, 0.05) is 11.8 Å². The Morgan fingerprint density at radius 3 is 2.65 bits per heavy atom. The number of carbonyl (C=O) groups is 2. The van der Waals surface area contributed by atoms with Crippen LogP contribution in [0.5, 0.6) is 0 Å². The number of hydrogen-bond donors (Lipinski definition) is 1. The number of thiophene rings is 1. The molecule has 1 atom stereocenters. The second-order valence-electron chi connectivity index (χ2n) is 8.45. The van der Waals surface area contributed by atoms with Gasteiger partial charge in [0.15, 0.2) is 0 Å². The molecule has 2 aromatic rings. The van der Waals surface area contributed by atoms with E-state index in [4.69, 9.17) is 0 Å². The van der Waals surface area contributed by atoms with Crippen molar-refractivity contribution in [1.82, 2.24) is 0 Å². The molecule has 0 fully saturated rings. The Kier molecular flexibility index (Phi) is 9.49. The predicted octanol–water partition coefficient (Wildman–Crippen LogP) is 6.86. The number of carboxylic acid groups (broad SMARTS) is 1. The minimum Gasteiger partial charge on any atom is -0.481 e. The fourth-order valence-corrected chi connectivity index (χ4v) is 3.59. The van der Waals surface area contributed by atoms with Crippen LogP contribution in [0.4, 0.5) is 0 Å². The van der Waals surface area contributed by atoms with Crippen LogP contribution in [0.1, 0.15) is 52.0 Å². The van der Waals surface area contributed by atoms with Gasteiger partial charge in [-0.05, 0) is 85.7 Å². The summed E-state index contributed by atoms with van der Waals surface area (Å²) in [5, 5.41) is 13.6. The van der Waals surface area contributed by atoms with Crippen LogP contribution in [0, 0.1) is 23.2 Å². The summed E-state index contributed by atoms with van der Waals surface area (Å²) in [4.78, 5) is 23.8. The number of ketones is 1. The molecule has 0 aliphatic rings. The fourth-order valence-electron chi connectivity index (χ4n) is 2.93. The molecule has 1 aromatic heterocycles. The standard InChI is InChI=1S/C27H30O3S/c1-27(2,3)17-9-5-7-14-24(26(29)30)25(28)15-8-4-6-11-21-12-10-13-22(19-21)23-16-18-31-20-23/h5-7,10-13,16,18-20,24H,4,8,14-15H2,1-3H3,(H,29,30). The van der Waals surface area contributed by atoms with Crippen LogP contribution < -0.4 is 0 Å². The highest BCUT2D eigenvalue weighted by atomic mass is 32.1. The van der Waals surface area contributed by atoms with Crippen molar-refractivity contribution in [2.45, 2.75) is 46.5 Å². The minimum absolute atomic E-state index is 0.106. The van der Waals surface area contributed by atoms with Gasteiger partial charge in [-0.15, -0.1) is 0 Å². The highest BCUT2D eigenvalue weighted by Gasteiger charge is 2.23. The van der Waals surface area contributed by atoms with Crippen molar-refractivity contribution < 1.29 is 14.7 Å². The van der Waals surface area contributed by atoms with Gasteiger partial charge in [0.1, 0.15) is 11.7 Å². The zero-order valence-corrected chi connectivity index (χ0v) is 19.2. The van der Waals surface area contributed by atoms with Gasteiger partial charge in [0.2, 0.25) is 0 Å². The maximum Gasteiger partial charge on any atom is 0.314 e. The summed E-state index contributed by atoms with van der Waals surface area (Å²) in [5.74, 6) is 3.66. The maximum atomic E-state index is 12.3. The first-order valence-corrected chi connectivity index (χ1v) is 11.4. The van der Waals surface area contributed by atoms with E-state index in [9.17, 15) is 14.7 Å². The maximum absolute atomic E-state index is 12.3. The molecule has 0 radical (unpaired) electrons. The molecule has 0 amide bonds. The molecule has 0 spiro atoms. The lowest BCUT2D eigenvalue weighted by Gasteiger charge is -2.08. The van der Waals surface area contributed by atoms with E-state index >= 15 is 0 Å². The molecule has 1 N–H and O–H groups in total. The summed E-state index contributed by atoms with van der Waals surface area (Å²) < 4.78 is 0. The topological polar surface area (TPSA) is 54.4 Å². The van der Waals surface area contributed by atoms with Gasteiger partial charge < -0.3 is 5.11 Å². The number of hydrogen-bond acceptors (Lipinski definition) is 3. The molecule has 1 heterocycles. The van der Waals surface area contributed by atoms with Crippen LogP contribution in [0.15, 0.2) is 59.3 Å². The van der Waals surface area contributed by atoms with Crippen LogP contribution in [-0.2, 0) is 9.59 Å². The van der Waals surface area contributed by atoms with Gasteiger partial charge in [-0.3, -0.25) is 9.59 Å².